The van der Waals surface area contributed by atoms with Crippen molar-refractivity contribution in [1.82, 2.24) is 5.32 Å². The van der Waals surface area contributed by atoms with Crippen LogP contribution in [0.4, 0.5) is 0 Å². The molecule has 0 radical (unpaired) electrons. The minimum absolute atomic E-state index is 0.0409. The number of hydrogen-bond acceptors (Lipinski definition) is 3. The van der Waals surface area contributed by atoms with E-state index >= 15 is 0 Å². The third-order valence-electron chi connectivity index (χ3n) is 3.54. The molecule has 2 atom stereocenters. The van der Waals surface area contributed by atoms with E-state index in [1.807, 2.05) is 41.8 Å². The predicted octanol–water partition coefficient (Wildman–Crippen LogP) is 3.79. The summed E-state index contributed by atoms with van der Waals surface area (Å²) in [5, 5.41) is 5.80. The number of ether oxygens (including phenoxy) is 1. The molecule has 1 aromatic heterocycles. The van der Waals surface area contributed by atoms with E-state index in [2.05, 4.69) is 5.32 Å². The van der Waals surface area contributed by atoms with Crippen molar-refractivity contribution in [1.29, 1.82) is 0 Å². The first-order valence-corrected chi connectivity index (χ1v) is 8.20. The highest BCUT2D eigenvalue weighted by molar-refractivity contribution is 7.10. The van der Waals surface area contributed by atoms with Gasteiger partial charge in [-0.15, -0.1) is 11.3 Å². The van der Waals surface area contributed by atoms with Crippen molar-refractivity contribution in [3.8, 4) is 0 Å². The summed E-state index contributed by atoms with van der Waals surface area (Å²) in [5.74, 6) is -0.0409. The number of amides is 1. The average molecular weight is 322 g/mol. The smallest absolute Gasteiger partial charge is 0.249 e. The fraction of sp³-hybridized carbons (Fsp3) is 0.312. The van der Waals surface area contributed by atoms with E-state index in [0.717, 1.165) is 23.3 Å². The van der Waals surface area contributed by atoms with Crippen LogP contribution in [0, 0.1) is 0 Å². The Hall–Kier alpha value is -1.36. The van der Waals surface area contributed by atoms with Gasteiger partial charge in [0, 0.05) is 16.5 Å². The number of halogens is 1. The average Bonchev–Trinajstić information content (AvgIpc) is 3.19. The number of nitrogens with one attached hydrogen (secondary N) is 1. The highest BCUT2D eigenvalue weighted by Gasteiger charge is 2.27. The monoisotopic (exact) mass is 321 g/mol. The summed E-state index contributed by atoms with van der Waals surface area (Å²) in [7, 11) is 0. The molecule has 0 saturated carbocycles. The molecule has 3 nitrogen and oxygen atoms in total. The lowest BCUT2D eigenvalue weighted by Crippen LogP contribution is -2.37. The first-order valence-electron chi connectivity index (χ1n) is 6.95. The standard InChI is InChI=1S/C16H16ClNO2S/c17-12-7-5-11(6-8-12)15(14-4-2-10-21-14)18-16(19)13-3-1-9-20-13/h2,4-8,10,13,15H,1,3,9H2,(H,18,19)/t13-,15+/m1/s1. The van der Waals surface area contributed by atoms with Gasteiger partial charge in [-0.05, 0) is 42.0 Å². The summed E-state index contributed by atoms with van der Waals surface area (Å²) in [6.45, 7) is 0.669. The third kappa shape index (κ3) is 3.46. The van der Waals surface area contributed by atoms with Crippen molar-refractivity contribution in [2.24, 2.45) is 0 Å². The Kier molecular flexibility index (Phi) is 4.58. The Balaban J connectivity index is 1.82. The quantitative estimate of drug-likeness (QED) is 0.930. The van der Waals surface area contributed by atoms with E-state index in [-0.39, 0.29) is 18.1 Å². The Labute approximate surface area is 132 Å². The number of rotatable bonds is 4. The van der Waals surface area contributed by atoms with Gasteiger partial charge in [0.05, 0.1) is 6.04 Å². The summed E-state index contributed by atoms with van der Waals surface area (Å²) in [6.07, 6.45) is 1.42. The molecule has 5 heteroatoms. The zero-order valence-corrected chi connectivity index (χ0v) is 13.0. The van der Waals surface area contributed by atoms with Crippen LogP contribution >= 0.6 is 22.9 Å². The molecule has 21 heavy (non-hydrogen) atoms. The van der Waals surface area contributed by atoms with Crippen molar-refractivity contribution >= 4 is 28.8 Å². The SMILES string of the molecule is O=C(N[C@@H](c1ccc(Cl)cc1)c1cccs1)[C@H]1CCCO1. The van der Waals surface area contributed by atoms with Gasteiger partial charge in [0.1, 0.15) is 6.10 Å². The molecule has 1 aromatic carbocycles. The van der Waals surface area contributed by atoms with Gasteiger partial charge < -0.3 is 10.1 Å². The second-order valence-corrected chi connectivity index (χ2v) is 6.43. The van der Waals surface area contributed by atoms with Crippen LogP contribution < -0.4 is 5.32 Å². The molecule has 2 heterocycles. The van der Waals surface area contributed by atoms with Gasteiger partial charge >= 0.3 is 0 Å². The van der Waals surface area contributed by atoms with E-state index in [1.165, 1.54) is 0 Å². The van der Waals surface area contributed by atoms with Gasteiger partial charge in [-0.1, -0.05) is 29.8 Å². The van der Waals surface area contributed by atoms with Gasteiger partial charge in [0.15, 0.2) is 0 Å². The lowest BCUT2D eigenvalue weighted by atomic mass is 10.0. The molecule has 2 aromatic rings. The summed E-state index contributed by atoms with van der Waals surface area (Å²) in [4.78, 5) is 13.4. The topological polar surface area (TPSA) is 38.3 Å². The van der Waals surface area contributed by atoms with Crippen molar-refractivity contribution in [2.75, 3.05) is 6.61 Å². The minimum atomic E-state index is -0.320. The molecule has 110 valence electrons. The highest BCUT2D eigenvalue weighted by Crippen LogP contribution is 2.27. The predicted molar refractivity (Wildman–Crippen MR) is 84.7 cm³/mol. The zero-order valence-electron chi connectivity index (χ0n) is 11.4. The van der Waals surface area contributed by atoms with E-state index in [0.29, 0.717) is 11.6 Å². The molecule has 1 saturated heterocycles. The van der Waals surface area contributed by atoms with E-state index < -0.39 is 0 Å². The van der Waals surface area contributed by atoms with E-state index in [4.69, 9.17) is 16.3 Å². The second-order valence-electron chi connectivity index (χ2n) is 5.01. The number of thiophene rings is 1. The number of carbonyl (C=O) groups excluding carboxylic acids is 1. The maximum Gasteiger partial charge on any atom is 0.249 e. The fourth-order valence-corrected chi connectivity index (χ4v) is 3.38. The van der Waals surface area contributed by atoms with Crippen molar-refractivity contribution < 1.29 is 9.53 Å². The summed E-state index contributed by atoms with van der Waals surface area (Å²) in [5.41, 5.74) is 1.02. The molecule has 3 rings (SSSR count). The Bertz CT molecular complexity index is 591. The molecular weight excluding hydrogens is 306 g/mol. The van der Waals surface area contributed by atoms with Crippen LogP contribution in [0.5, 0.6) is 0 Å². The lowest BCUT2D eigenvalue weighted by molar-refractivity contribution is -0.130. The first kappa shape index (κ1) is 14.6. The van der Waals surface area contributed by atoms with Gasteiger partial charge in [0.25, 0.3) is 0 Å². The molecule has 0 unspecified atom stereocenters. The minimum Gasteiger partial charge on any atom is -0.368 e. The maximum absolute atomic E-state index is 12.3. The van der Waals surface area contributed by atoms with Crippen LogP contribution in [-0.2, 0) is 9.53 Å². The van der Waals surface area contributed by atoms with Crippen LogP contribution in [0.25, 0.3) is 0 Å². The largest absolute Gasteiger partial charge is 0.368 e. The molecule has 0 aliphatic carbocycles. The molecule has 1 aliphatic rings. The van der Waals surface area contributed by atoms with Crippen LogP contribution in [0.15, 0.2) is 41.8 Å². The molecule has 0 spiro atoms. The van der Waals surface area contributed by atoms with Crippen LogP contribution in [0.1, 0.15) is 29.3 Å². The normalized spacial score (nSPS) is 19.4. The van der Waals surface area contributed by atoms with Crippen molar-refractivity contribution in [3.05, 3.63) is 57.2 Å². The van der Waals surface area contributed by atoms with Crippen molar-refractivity contribution in [2.45, 2.75) is 25.0 Å². The molecular formula is C16H16ClNO2S. The molecule has 0 bridgehead atoms. The maximum atomic E-state index is 12.3. The summed E-state index contributed by atoms with van der Waals surface area (Å²) >= 11 is 7.57. The second kappa shape index (κ2) is 6.60. The number of hydrogen-bond donors (Lipinski definition) is 1. The summed E-state index contributed by atoms with van der Waals surface area (Å²) in [6, 6.07) is 11.4. The van der Waals surface area contributed by atoms with Gasteiger partial charge in [-0.25, -0.2) is 0 Å². The lowest BCUT2D eigenvalue weighted by Gasteiger charge is -2.20. The number of benzene rings is 1. The van der Waals surface area contributed by atoms with Gasteiger partial charge in [0.2, 0.25) is 5.91 Å². The van der Waals surface area contributed by atoms with Crippen LogP contribution in [0.3, 0.4) is 0 Å². The van der Waals surface area contributed by atoms with Crippen LogP contribution in [0.2, 0.25) is 5.02 Å². The fourth-order valence-electron chi connectivity index (χ4n) is 2.45. The Morgan fingerprint density at radius 3 is 2.76 bits per heavy atom. The van der Waals surface area contributed by atoms with Crippen molar-refractivity contribution in [3.63, 3.8) is 0 Å². The third-order valence-corrected chi connectivity index (χ3v) is 4.73. The van der Waals surface area contributed by atoms with Crippen LogP contribution in [-0.4, -0.2) is 18.6 Å². The summed E-state index contributed by atoms with van der Waals surface area (Å²) < 4.78 is 5.46. The molecule has 1 fully saturated rings. The number of carbonyl (C=O) groups is 1. The molecule has 1 N–H and O–H groups in total. The zero-order chi connectivity index (χ0) is 14.7. The van der Waals surface area contributed by atoms with E-state index in [1.54, 1.807) is 11.3 Å². The van der Waals surface area contributed by atoms with Gasteiger partial charge in [-0.3, -0.25) is 4.79 Å². The van der Waals surface area contributed by atoms with Gasteiger partial charge in [-0.2, -0.15) is 0 Å². The van der Waals surface area contributed by atoms with E-state index in [9.17, 15) is 4.79 Å². The molecule has 1 amide bonds. The Morgan fingerprint density at radius 2 is 2.14 bits per heavy atom. The Morgan fingerprint density at radius 1 is 1.33 bits per heavy atom. The first-order chi connectivity index (χ1) is 10.2. The highest BCUT2D eigenvalue weighted by atomic mass is 35.5. The molecule has 1 aliphatic heterocycles.